The number of aromatic nitrogens is 3. The Balaban J connectivity index is 1.74. The number of ether oxygens (including phenoxy) is 3. The number of nitrogens with zero attached hydrogens (tertiary/aromatic N) is 5. The Morgan fingerprint density at radius 2 is 1.58 bits per heavy atom. The molecule has 1 aliphatic heterocycles. The van der Waals surface area contributed by atoms with Gasteiger partial charge in [-0.15, -0.1) is 0 Å². The molecular formula is C34H40FN5O7S. The number of benzene rings is 2. The molecule has 12 nitrogen and oxygen atoms in total. The van der Waals surface area contributed by atoms with E-state index in [1.807, 2.05) is 18.7 Å². The molecule has 14 heteroatoms. The molecule has 48 heavy (non-hydrogen) atoms. The molecule has 0 radical (unpaired) electrons. The maximum Gasteiger partial charge on any atom is 0.425 e. The van der Waals surface area contributed by atoms with Gasteiger partial charge in [-0.1, -0.05) is 17.7 Å². The zero-order valence-electron chi connectivity index (χ0n) is 28.3. The normalized spacial score (nSPS) is 15.8. The van der Waals surface area contributed by atoms with E-state index in [-0.39, 0.29) is 39.5 Å². The third kappa shape index (κ3) is 7.44. The van der Waals surface area contributed by atoms with E-state index in [1.165, 1.54) is 30.5 Å². The van der Waals surface area contributed by atoms with Gasteiger partial charge in [0.15, 0.2) is 5.82 Å². The van der Waals surface area contributed by atoms with Gasteiger partial charge < -0.3 is 19.1 Å². The Morgan fingerprint density at radius 3 is 2.17 bits per heavy atom. The van der Waals surface area contributed by atoms with Crippen LogP contribution in [0.3, 0.4) is 0 Å². The summed E-state index contributed by atoms with van der Waals surface area (Å²) in [5, 5.41) is 0.360. The van der Waals surface area contributed by atoms with Crippen molar-refractivity contribution in [3.63, 3.8) is 0 Å². The summed E-state index contributed by atoms with van der Waals surface area (Å²) in [6.07, 6.45) is -0.729. The minimum atomic E-state index is -4.10. The average molecular weight is 682 g/mol. The molecule has 1 aliphatic rings. The van der Waals surface area contributed by atoms with Crippen molar-refractivity contribution in [1.29, 1.82) is 0 Å². The molecule has 0 unspecified atom stereocenters. The maximum absolute atomic E-state index is 15.5. The summed E-state index contributed by atoms with van der Waals surface area (Å²) in [6.45, 7) is 14.8. The highest BCUT2D eigenvalue weighted by molar-refractivity contribution is 7.90. The molecule has 0 aliphatic carbocycles. The van der Waals surface area contributed by atoms with Gasteiger partial charge in [0.05, 0.1) is 35.4 Å². The molecule has 1 atom stereocenters. The van der Waals surface area contributed by atoms with Crippen LogP contribution in [0.15, 0.2) is 59.6 Å². The van der Waals surface area contributed by atoms with Crippen molar-refractivity contribution in [1.82, 2.24) is 13.9 Å². The zero-order valence-corrected chi connectivity index (χ0v) is 29.1. The highest BCUT2D eigenvalue weighted by Gasteiger charge is 2.35. The Bertz CT molecular complexity index is 1940. The van der Waals surface area contributed by atoms with E-state index in [4.69, 9.17) is 19.2 Å². The molecule has 3 heterocycles. The first-order valence-corrected chi connectivity index (χ1v) is 16.9. The number of carbonyl (C=O) groups is 2. The number of rotatable bonds is 5. The highest BCUT2D eigenvalue weighted by atomic mass is 32.2. The molecule has 1 fully saturated rings. The fourth-order valence-electron chi connectivity index (χ4n) is 5.13. The lowest BCUT2D eigenvalue weighted by Crippen LogP contribution is -2.46. The van der Waals surface area contributed by atoms with Gasteiger partial charge in [0, 0.05) is 29.8 Å². The number of morpholine rings is 1. The van der Waals surface area contributed by atoms with E-state index in [2.05, 4.69) is 4.98 Å². The number of halogens is 1. The number of fused-ring (bicyclic) bond motifs is 1. The molecule has 2 aromatic heterocycles. The molecular weight excluding hydrogens is 641 g/mol. The quantitative estimate of drug-likeness (QED) is 0.225. The van der Waals surface area contributed by atoms with Gasteiger partial charge in [-0.05, 0) is 85.7 Å². The van der Waals surface area contributed by atoms with Crippen molar-refractivity contribution in [2.75, 3.05) is 29.6 Å². The lowest BCUT2D eigenvalue weighted by Gasteiger charge is -2.34. The first kappa shape index (κ1) is 34.8. The Morgan fingerprint density at radius 1 is 0.958 bits per heavy atom. The van der Waals surface area contributed by atoms with Crippen molar-refractivity contribution in [2.24, 2.45) is 0 Å². The monoisotopic (exact) mass is 681 g/mol. The van der Waals surface area contributed by atoms with Crippen LogP contribution in [0.2, 0.25) is 0 Å². The number of hydrogen-bond donors (Lipinski definition) is 0. The average Bonchev–Trinajstić information content (AvgIpc) is 3.40. The van der Waals surface area contributed by atoms with E-state index in [0.29, 0.717) is 30.0 Å². The summed E-state index contributed by atoms with van der Waals surface area (Å²) in [5.74, 6) is -0.769. The SMILES string of the molecule is Cc1ccc(S(=O)(=O)n2ccc3c(-c4cc(N(C(=O)OC(C)(C)C)C(=O)OC(C)(C)C)nc(N5CCOC[C@H]5C)n4)cc(F)cc32)cc1. The van der Waals surface area contributed by atoms with E-state index in [1.54, 1.807) is 59.7 Å². The van der Waals surface area contributed by atoms with Gasteiger partial charge >= 0.3 is 12.2 Å². The van der Waals surface area contributed by atoms with Crippen molar-refractivity contribution >= 4 is 44.9 Å². The number of carbonyl (C=O) groups excluding carboxylic acids is 2. The van der Waals surface area contributed by atoms with Crippen LogP contribution in [0.5, 0.6) is 0 Å². The van der Waals surface area contributed by atoms with Gasteiger partial charge in [-0.3, -0.25) is 0 Å². The molecule has 256 valence electrons. The van der Waals surface area contributed by atoms with Gasteiger partial charge in [-0.25, -0.2) is 31.4 Å². The van der Waals surface area contributed by atoms with Gasteiger partial charge in [-0.2, -0.15) is 9.88 Å². The van der Waals surface area contributed by atoms with Crippen LogP contribution in [0.1, 0.15) is 54.0 Å². The lowest BCUT2D eigenvalue weighted by atomic mass is 10.1. The first-order valence-electron chi connectivity index (χ1n) is 15.5. The second-order valence-corrected chi connectivity index (χ2v) is 15.5. The summed E-state index contributed by atoms with van der Waals surface area (Å²) < 4.78 is 60.6. The number of amides is 2. The van der Waals surface area contributed by atoms with Gasteiger partial charge in [0.25, 0.3) is 10.0 Å². The highest BCUT2D eigenvalue weighted by Crippen LogP contribution is 2.35. The fraction of sp³-hybridized carbons (Fsp3) is 0.412. The lowest BCUT2D eigenvalue weighted by molar-refractivity contribution is 0.0429. The summed E-state index contributed by atoms with van der Waals surface area (Å²) in [5.41, 5.74) is -0.660. The Hall–Kier alpha value is -4.56. The number of imide groups is 1. The molecule has 2 aromatic carbocycles. The number of hydrogen-bond acceptors (Lipinski definition) is 10. The van der Waals surface area contributed by atoms with Crippen molar-refractivity contribution in [2.45, 2.75) is 77.5 Å². The smallest absolute Gasteiger partial charge is 0.425 e. The summed E-state index contributed by atoms with van der Waals surface area (Å²) in [7, 11) is -4.10. The van der Waals surface area contributed by atoms with Crippen LogP contribution < -0.4 is 9.80 Å². The minimum absolute atomic E-state index is 0.0367. The number of aryl methyl sites for hydroxylation is 1. The predicted octanol–water partition coefficient (Wildman–Crippen LogP) is 6.68. The molecule has 4 aromatic rings. The predicted molar refractivity (Wildman–Crippen MR) is 179 cm³/mol. The fourth-order valence-corrected chi connectivity index (χ4v) is 6.47. The third-order valence-electron chi connectivity index (χ3n) is 7.30. The van der Waals surface area contributed by atoms with Crippen LogP contribution in [0.25, 0.3) is 22.2 Å². The van der Waals surface area contributed by atoms with E-state index < -0.39 is 39.2 Å². The van der Waals surface area contributed by atoms with E-state index in [0.717, 1.165) is 15.6 Å². The second-order valence-electron chi connectivity index (χ2n) is 13.6. The second kappa shape index (κ2) is 12.8. The van der Waals surface area contributed by atoms with E-state index in [9.17, 15) is 18.0 Å². The third-order valence-corrected chi connectivity index (χ3v) is 9.00. The van der Waals surface area contributed by atoms with Gasteiger partial charge in [0.2, 0.25) is 5.95 Å². The topological polar surface area (TPSA) is 133 Å². The minimum Gasteiger partial charge on any atom is -0.443 e. The Kier molecular flexibility index (Phi) is 9.28. The van der Waals surface area contributed by atoms with E-state index >= 15 is 4.39 Å². The molecule has 2 amide bonds. The van der Waals surface area contributed by atoms with Crippen LogP contribution in [-0.2, 0) is 24.2 Å². The Labute approximate surface area is 279 Å². The largest absolute Gasteiger partial charge is 0.443 e. The van der Waals surface area contributed by atoms with Crippen LogP contribution in [0.4, 0.5) is 25.7 Å². The van der Waals surface area contributed by atoms with Crippen LogP contribution >= 0.6 is 0 Å². The molecule has 0 N–H and O–H groups in total. The first-order chi connectivity index (χ1) is 22.3. The molecule has 5 rings (SSSR count). The molecule has 0 spiro atoms. The van der Waals surface area contributed by atoms with Crippen LogP contribution in [0, 0.1) is 12.7 Å². The zero-order chi connectivity index (χ0) is 35.2. The van der Waals surface area contributed by atoms with Gasteiger partial charge in [0.1, 0.15) is 17.0 Å². The molecule has 0 saturated carbocycles. The summed E-state index contributed by atoms with van der Waals surface area (Å²) >= 11 is 0. The summed E-state index contributed by atoms with van der Waals surface area (Å²) in [6, 6.07) is 11.4. The van der Waals surface area contributed by atoms with Crippen LogP contribution in [-0.4, -0.2) is 71.5 Å². The molecule has 0 bridgehead atoms. The maximum atomic E-state index is 15.5. The van der Waals surface area contributed by atoms with Crippen molar-refractivity contribution < 1.29 is 36.6 Å². The molecule has 1 saturated heterocycles. The van der Waals surface area contributed by atoms with Crippen molar-refractivity contribution in [3.05, 3.63) is 66.1 Å². The number of anilines is 2. The van der Waals surface area contributed by atoms with Crippen molar-refractivity contribution in [3.8, 4) is 11.3 Å². The standard InChI is InChI=1S/C34H40FN5O7S/c1-21-9-11-24(12-10-21)48(43,44)39-14-13-25-26(17-23(35)18-28(25)39)27-19-29(37-30(36-27)38-15-16-45-20-22(38)2)40(31(41)46-33(3,4)5)32(42)47-34(6,7)8/h9-14,17-19,22H,15-16,20H2,1-8H3/t22-/m1/s1. The summed E-state index contributed by atoms with van der Waals surface area (Å²) in [4.78, 5) is 39.1.